The van der Waals surface area contributed by atoms with E-state index in [2.05, 4.69) is 6.92 Å². The zero-order valence-electron chi connectivity index (χ0n) is 11.4. The summed E-state index contributed by atoms with van der Waals surface area (Å²) in [6.45, 7) is 2.94. The SMILES string of the molecule is CC1CCCCN1C(=O)c1sc2cc(Cl)ccc2c1N. The molecule has 1 saturated heterocycles. The number of hydrogen-bond donors (Lipinski definition) is 1. The van der Waals surface area contributed by atoms with Gasteiger partial charge in [0.25, 0.3) is 5.91 Å². The topological polar surface area (TPSA) is 46.3 Å². The van der Waals surface area contributed by atoms with Crippen LogP contribution < -0.4 is 5.73 Å². The molecule has 0 bridgehead atoms. The number of anilines is 1. The van der Waals surface area contributed by atoms with Gasteiger partial charge in [-0.15, -0.1) is 11.3 Å². The molecule has 3 rings (SSSR count). The first-order valence-electron chi connectivity index (χ1n) is 6.86. The fourth-order valence-electron chi connectivity index (χ4n) is 2.78. The summed E-state index contributed by atoms with van der Waals surface area (Å²) in [5, 5.41) is 1.59. The lowest BCUT2D eigenvalue weighted by Crippen LogP contribution is -2.41. The number of carbonyl (C=O) groups excluding carboxylic acids is 1. The molecule has 20 heavy (non-hydrogen) atoms. The molecule has 2 heterocycles. The number of piperidine rings is 1. The Hall–Kier alpha value is -1.26. The molecule has 1 unspecified atom stereocenters. The molecule has 5 heteroatoms. The van der Waals surface area contributed by atoms with Gasteiger partial charge in [-0.05, 0) is 44.4 Å². The highest BCUT2D eigenvalue weighted by atomic mass is 35.5. The van der Waals surface area contributed by atoms with Crippen LogP contribution in [-0.2, 0) is 0 Å². The van der Waals surface area contributed by atoms with Gasteiger partial charge < -0.3 is 10.6 Å². The maximum absolute atomic E-state index is 12.7. The molecule has 106 valence electrons. The van der Waals surface area contributed by atoms with Gasteiger partial charge in [-0.1, -0.05) is 11.6 Å². The van der Waals surface area contributed by atoms with Crippen LogP contribution in [0.5, 0.6) is 0 Å². The maximum Gasteiger partial charge on any atom is 0.266 e. The Morgan fingerprint density at radius 1 is 1.45 bits per heavy atom. The zero-order valence-corrected chi connectivity index (χ0v) is 12.9. The van der Waals surface area contributed by atoms with E-state index in [1.165, 1.54) is 17.8 Å². The van der Waals surface area contributed by atoms with Gasteiger partial charge in [0.15, 0.2) is 0 Å². The van der Waals surface area contributed by atoms with E-state index in [1.54, 1.807) is 0 Å². The predicted molar refractivity (Wildman–Crippen MR) is 85.6 cm³/mol. The Balaban J connectivity index is 2.01. The summed E-state index contributed by atoms with van der Waals surface area (Å²) in [6, 6.07) is 5.86. The van der Waals surface area contributed by atoms with Crippen molar-refractivity contribution < 1.29 is 4.79 Å². The van der Waals surface area contributed by atoms with Crippen LogP contribution in [0, 0.1) is 0 Å². The van der Waals surface area contributed by atoms with Crippen molar-refractivity contribution in [2.45, 2.75) is 32.2 Å². The number of thiophene rings is 1. The largest absolute Gasteiger partial charge is 0.397 e. The molecule has 0 spiro atoms. The van der Waals surface area contributed by atoms with Crippen molar-refractivity contribution in [3.63, 3.8) is 0 Å². The monoisotopic (exact) mass is 308 g/mol. The van der Waals surface area contributed by atoms with Crippen LogP contribution in [0.1, 0.15) is 35.9 Å². The van der Waals surface area contributed by atoms with Crippen LogP contribution in [0.15, 0.2) is 18.2 Å². The lowest BCUT2D eigenvalue weighted by molar-refractivity contribution is 0.0642. The number of amides is 1. The second kappa shape index (κ2) is 5.26. The number of halogens is 1. The van der Waals surface area contributed by atoms with E-state index in [4.69, 9.17) is 17.3 Å². The van der Waals surface area contributed by atoms with Gasteiger partial charge in [0, 0.05) is 27.7 Å². The number of nitrogens with zero attached hydrogens (tertiary/aromatic N) is 1. The molecule has 0 radical (unpaired) electrons. The van der Waals surface area contributed by atoms with Crippen molar-refractivity contribution in [2.24, 2.45) is 0 Å². The third-order valence-corrected chi connectivity index (χ3v) is 5.34. The Labute approximate surface area is 127 Å². The van der Waals surface area contributed by atoms with Crippen molar-refractivity contribution >= 4 is 44.6 Å². The van der Waals surface area contributed by atoms with E-state index in [9.17, 15) is 4.79 Å². The van der Waals surface area contributed by atoms with Gasteiger partial charge in [0.1, 0.15) is 4.88 Å². The molecule has 0 aliphatic carbocycles. The van der Waals surface area contributed by atoms with Crippen molar-refractivity contribution in [3.8, 4) is 0 Å². The lowest BCUT2D eigenvalue weighted by Gasteiger charge is -2.33. The van der Waals surface area contributed by atoms with Gasteiger partial charge in [-0.3, -0.25) is 4.79 Å². The van der Waals surface area contributed by atoms with E-state index in [1.807, 2.05) is 23.1 Å². The molecule has 1 aliphatic heterocycles. The Morgan fingerprint density at radius 3 is 3.00 bits per heavy atom. The molecule has 1 aromatic carbocycles. The minimum atomic E-state index is 0.0621. The summed E-state index contributed by atoms with van der Waals surface area (Å²) >= 11 is 7.44. The first kappa shape index (κ1) is 13.7. The third kappa shape index (κ3) is 2.27. The fourth-order valence-corrected chi connectivity index (χ4v) is 4.13. The first-order valence-corrected chi connectivity index (χ1v) is 8.06. The van der Waals surface area contributed by atoms with Gasteiger partial charge in [0.05, 0.1) is 5.69 Å². The van der Waals surface area contributed by atoms with Gasteiger partial charge in [-0.2, -0.15) is 0 Å². The average Bonchev–Trinajstić information content (AvgIpc) is 2.75. The summed E-state index contributed by atoms with van der Waals surface area (Å²) in [4.78, 5) is 15.3. The number of fused-ring (bicyclic) bond motifs is 1. The van der Waals surface area contributed by atoms with E-state index in [0.717, 1.165) is 29.5 Å². The molecular formula is C15H17ClN2OS. The second-order valence-electron chi connectivity index (χ2n) is 5.33. The Bertz CT molecular complexity index is 667. The predicted octanol–water partition coefficient (Wildman–Crippen LogP) is 4.15. The minimum absolute atomic E-state index is 0.0621. The van der Waals surface area contributed by atoms with E-state index in [0.29, 0.717) is 21.6 Å². The number of nitrogens with two attached hydrogens (primary N) is 1. The molecule has 3 nitrogen and oxygen atoms in total. The Kier molecular flexibility index (Phi) is 3.61. The number of likely N-dealkylation sites (tertiary alicyclic amines) is 1. The zero-order chi connectivity index (χ0) is 14.3. The maximum atomic E-state index is 12.7. The fraction of sp³-hybridized carbons (Fsp3) is 0.400. The molecule has 1 aliphatic rings. The summed E-state index contributed by atoms with van der Waals surface area (Å²) in [6.07, 6.45) is 3.34. The molecule has 0 saturated carbocycles. The van der Waals surface area contributed by atoms with E-state index < -0.39 is 0 Å². The summed E-state index contributed by atoms with van der Waals surface area (Å²) in [5.41, 5.74) is 6.75. The van der Waals surface area contributed by atoms with Crippen molar-refractivity contribution in [2.75, 3.05) is 12.3 Å². The van der Waals surface area contributed by atoms with Crippen LogP contribution in [-0.4, -0.2) is 23.4 Å². The summed E-state index contributed by atoms with van der Waals surface area (Å²) in [5.74, 6) is 0.0621. The molecule has 1 aromatic heterocycles. The van der Waals surface area contributed by atoms with Gasteiger partial charge in [0.2, 0.25) is 0 Å². The van der Waals surface area contributed by atoms with Crippen LogP contribution in [0.3, 0.4) is 0 Å². The third-order valence-electron chi connectivity index (χ3n) is 3.95. The normalized spacial score (nSPS) is 19.5. The molecule has 1 atom stereocenters. The van der Waals surface area contributed by atoms with Crippen LogP contribution in [0.25, 0.3) is 10.1 Å². The average molecular weight is 309 g/mol. The first-order chi connectivity index (χ1) is 9.58. The number of carbonyl (C=O) groups is 1. The van der Waals surface area contributed by atoms with E-state index >= 15 is 0 Å². The van der Waals surface area contributed by atoms with E-state index in [-0.39, 0.29) is 5.91 Å². The lowest BCUT2D eigenvalue weighted by atomic mass is 10.0. The number of benzene rings is 1. The van der Waals surface area contributed by atoms with Gasteiger partial charge >= 0.3 is 0 Å². The summed E-state index contributed by atoms with van der Waals surface area (Å²) in [7, 11) is 0. The highest BCUT2D eigenvalue weighted by molar-refractivity contribution is 7.21. The smallest absolute Gasteiger partial charge is 0.266 e. The minimum Gasteiger partial charge on any atom is -0.397 e. The van der Waals surface area contributed by atoms with Crippen molar-refractivity contribution in [1.29, 1.82) is 0 Å². The molecular weight excluding hydrogens is 292 g/mol. The Morgan fingerprint density at radius 2 is 2.25 bits per heavy atom. The number of rotatable bonds is 1. The highest BCUT2D eigenvalue weighted by Gasteiger charge is 2.27. The van der Waals surface area contributed by atoms with Gasteiger partial charge in [-0.25, -0.2) is 0 Å². The quantitative estimate of drug-likeness (QED) is 0.860. The molecule has 2 aromatic rings. The highest BCUT2D eigenvalue weighted by Crippen LogP contribution is 2.36. The van der Waals surface area contributed by atoms with Crippen LogP contribution >= 0.6 is 22.9 Å². The molecule has 1 amide bonds. The second-order valence-corrected chi connectivity index (χ2v) is 6.82. The van der Waals surface area contributed by atoms with Crippen molar-refractivity contribution in [1.82, 2.24) is 4.90 Å². The number of hydrogen-bond acceptors (Lipinski definition) is 3. The van der Waals surface area contributed by atoms with Crippen molar-refractivity contribution in [3.05, 3.63) is 28.1 Å². The molecule has 2 N–H and O–H groups in total. The molecule has 1 fully saturated rings. The van der Waals surface area contributed by atoms with Crippen LogP contribution in [0.4, 0.5) is 5.69 Å². The summed E-state index contributed by atoms with van der Waals surface area (Å²) < 4.78 is 0.975. The van der Waals surface area contributed by atoms with Crippen LogP contribution in [0.2, 0.25) is 5.02 Å². The standard InChI is InChI=1S/C15H17ClN2OS/c1-9-4-2-3-7-18(9)15(19)14-13(17)11-6-5-10(16)8-12(11)20-14/h5-6,8-9H,2-4,7,17H2,1H3. The number of nitrogen functional groups attached to an aromatic ring is 1.